The molecule has 0 amide bonds. The smallest absolute Gasteiger partial charge is 0.340 e. The Hall–Kier alpha value is -1.82. The predicted octanol–water partition coefficient (Wildman–Crippen LogP) is 6.52. The van der Waals surface area contributed by atoms with Gasteiger partial charge < -0.3 is 9.47 Å². The lowest BCUT2D eigenvalue weighted by Gasteiger charge is -2.36. The minimum atomic E-state index is -1.06. The molecule has 0 bridgehead atoms. The Kier molecular flexibility index (Phi) is 3.90. The fourth-order valence-corrected chi connectivity index (χ4v) is 4.65. The molecule has 0 fully saturated rings. The summed E-state index contributed by atoms with van der Waals surface area (Å²) in [6.07, 6.45) is 0. The van der Waals surface area contributed by atoms with Crippen molar-refractivity contribution in [3.8, 4) is 11.5 Å². The van der Waals surface area contributed by atoms with Gasteiger partial charge in [0, 0.05) is 31.5 Å². The van der Waals surface area contributed by atoms with E-state index in [0.29, 0.717) is 22.9 Å². The van der Waals surface area contributed by atoms with Gasteiger partial charge in [0.1, 0.15) is 11.5 Å². The van der Waals surface area contributed by atoms with Crippen LogP contribution >= 0.6 is 43.5 Å². The summed E-state index contributed by atoms with van der Waals surface area (Å²) in [5.41, 5.74) is 2.80. The van der Waals surface area contributed by atoms with E-state index < -0.39 is 5.60 Å². The van der Waals surface area contributed by atoms with Crippen molar-refractivity contribution < 1.29 is 14.3 Å². The summed E-state index contributed by atoms with van der Waals surface area (Å²) >= 11 is 13.1. The summed E-state index contributed by atoms with van der Waals surface area (Å²) < 4.78 is 14.0. The number of hydrogen-bond acceptors (Lipinski definition) is 3. The van der Waals surface area contributed by atoms with Gasteiger partial charge in [0.2, 0.25) is 0 Å². The first-order valence-electron chi connectivity index (χ1n) is 8.23. The first kappa shape index (κ1) is 17.3. The minimum absolute atomic E-state index is 0.351. The van der Waals surface area contributed by atoms with Gasteiger partial charge in [0.05, 0.1) is 5.56 Å². The lowest BCUT2D eigenvalue weighted by Crippen LogP contribution is -2.33. The van der Waals surface area contributed by atoms with Crippen LogP contribution in [0.15, 0.2) is 63.5 Å². The number of fused-ring (bicyclic) bond motifs is 6. The quantitative estimate of drug-likeness (QED) is 0.279. The summed E-state index contributed by atoms with van der Waals surface area (Å²) in [7, 11) is 0. The molecule has 0 saturated carbocycles. The molecule has 5 rings (SSSR count). The van der Waals surface area contributed by atoms with E-state index in [2.05, 4.69) is 31.9 Å². The van der Waals surface area contributed by atoms with Crippen LogP contribution in [0, 0.1) is 0 Å². The maximum absolute atomic E-state index is 12.8. The SMILES string of the molecule is O=C1OC2(c3ccc(Br)cc3Oc3cc(Br)ccc32)c2cc(CCl)ccc21. The van der Waals surface area contributed by atoms with Gasteiger partial charge >= 0.3 is 5.97 Å². The number of rotatable bonds is 1. The highest BCUT2D eigenvalue weighted by Crippen LogP contribution is 2.56. The van der Waals surface area contributed by atoms with Crippen molar-refractivity contribution in [3.63, 3.8) is 0 Å². The number of alkyl halides is 1. The van der Waals surface area contributed by atoms with Gasteiger partial charge in [-0.2, -0.15) is 0 Å². The average molecular weight is 507 g/mol. The van der Waals surface area contributed by atoms with Crippen LogP contribution in [0.25, 0.3) is 0 Å². The van der Waals surface area contributed by atoms with E-state index in [0.717, 1.165) is 31.2 Å². The van der Waals surface area contributed by atoms with E-state index in [9.17, 15) is 4.79 Å². The third-order valence-corrected chi connectivity index (χ3v) is 6.24. The van der Waals surface area contributed by atoms with Crippen molar-refractivity contribution >= 4 is 49.4 Å². The second-order valence-electron chi connectivity index (χ2n) is 6.47. The molecule has 1 spiro atoms. The van der Waals surface area contributed by atoms with Gasteiger partial charge in [-0.1, -0.05) is 37.9 Å². The molecule has 0 atom stereocenters. The standard InChI is InChI=1S/C21H11Br2ClO3/c22-12-2-5-15-18(8-12)26-19-9-13(23)3-6-16(19)21(15)17-7-11(10-24)1-4-14(17)20(25)27-21/h1-9H,10H2. The molecule has 0 radical (unpaired) electrons. The normalized spacial score (nSPS) is 15.6. The van der Waals surface area contributed by atoms with Crippen LogP contribution in [-0.2, 0) is 16.2 Å². The summed E-state index contributed by atoms with van der Waals surface area (Å²) in [5.74, 6) is 1.30. The predicted molar refractivity (Wildman–Crippen MR) is 110 cm³/mol. The maximum atomic E-state index is 12.8. The van der Waals surface area contributed by atoms with Gasteiger partial charge in [-0.15, -0.1) is 11.6 Å². The molecular formula is C21H11Br2ClO3. The Bertz CT molecular complexity index is 1070. The van der Waals surface area contributed by atoms with E-state index >= 15 is 0 Å². The molecule has 0 unspecified atom stereocenters. The average Bonchev–Trinajstić information content (AvgIpc) is 2.94. The van der Waals surface area contributed by atoms with Crippen molar-refractivity contribution in [1.82, 2.24) is 0 Å². The molecule has 0 saturated heterocycles. The maximum Gasteiger partial charge on any atom is 0.340 e. The summed E-state index contributed by atoms with van der Waals surface area (Å²) in [6.45, 7) is 0. The van der Waals surface area contributed by atoms with Crippen molar-refractivity contribution in [2.75, 3.05) is 0 Å². The molecule has 0 N–H and O–H groups in total. The molecule has 3 aromatic carbocycles. The van der Waals surface area contributed by atoms with Crippen LogP contribution in [0.3, 0.4) is 0 Å². The number of hydrogen-bond donors (Lipinski definition) is 0. The van der Waals surface area contributed by atoms with Crippen LogP contribution in [-0.4, -0.2) is 5.97 Å². The highest BCUT2D eigenvalue weighted by molar-refractivity contribution is 9.10. The Balaban J connectivity index is 1.90. The lowest BCUT2D eigenvalue weighted by molar-refractivity contribution is 0.0224. The highest BCUT2D eigenvalue weighted by Gasteiger charge is 2.53. The minimum Gasteiger partial charge on any atom is -0.456 e. The first-order valence-corrected chi connectivity index (χ1v) is 10.4. The molecular weight excluding hydrogens is 495 g/mol. The van der Waals surface area contributed by atoms with Crippen LogP contribution in [0.1, 0.15) is 32.6 Å². The number of esters is 1. The summed E-state index contributed by atoms with van der Waals surface area (Å²) in [6, 6.07) is 17.1. The molecule has 3 aromatic rings. The van der Waals surface area contributed by atoms with Crippen molar-refractivity contribution in [2.24, 2.45) is 0 Å². The molecule has 0 aromatic heterocycles. The van der Waals surface area contributed by atoms with Gasteiger partial charge in [-0.05, 0) is 54.1 Å². The summed E-state index contributed by atoms with van der Waals surface area (Å²) in [5, 5.41) is 0. The molecule has 134 valence electrons. The van der Waals surface area contributed by atoms with Crippen molar-refractivity contribution in [1.29, 1.82) is 0 Å². The number of carbonyl (C=O) groups excluding carboxylic acids is 1. The second-order valence-corrected chi connectivity index (χ2v) is 8.57. The third-order valence-electron chi connectivity index (χ3n) is 4.95. The van der Waals surface area contributed by atoms with Crippen LogP contribution in [0.5, 0.6) is 11.5 Å². The van der Waals surface area contributed by atoms with E-state index in [-0.39, 0.29) is 5.97 Å². The Labute approximate surface area is 177 Å². The molecule has 2 aliphatic rings. The van der Waals surface area contributed by atoms with Gasteiger partial charge in [0.15, 0.2) is 5.60 Å². The monoisotopic (exact) mass is 504 g/mol. The van der Waals surface area contributed by atoms with E-state index in [1.807, 2.05) is 48.5 Å². The number of carbonyl (C=O) groups is 1. The first-order chi connectivity index (χ1) is 13.0. The fraction of sp³-hybridized carbons (Fsp3) is 0.0952. The second kappa shape index (κ2) is 6.09. The van der Waals surface area contributed by atoms with Crippen molar-refractivity contribution in [2.45, 2.75) is 11.5 Å². The third kappa shape index (κ3) is 2.42. The number of ether oxygens (including phenoxy) is 2. The number of halogens is 3. The molecule has 6 heteroatoms. The lowest BCUT2D eigenvalue weighted by atomic mass is 9.77. The zero-order chi connectivity index (χ0) is 18.8. The molecule has 3 nitrogen and oxygen atoms in total. The summed E-state index contributed by atoms with van der Waals surface area (Å²) in [4.78, 5) is 12.8. The van der Waals surface area contributed by atoms with E-state index in [4.69, 9.17) is 21.1 Å². The van der Waals surface area contributed by atoms with Crippen LogP contribution in [0.2, 0.25) is 0 Å². The van der Waals surface area contributed by atoms with E-state index in [1.165, 1.54) is 0 Å². The Morgan fingerprint density at radius 2 is 1.48 bits per heavy atom. The van der Waals surface area contributed by atoms with Crippen LogP contribution < -0.4 is 4.74 Å². The van der Waals surface area contributed by atoms with Gasteiger partial charge in [-0.25, -0.2) is 4.79 Å². The zero-order valence-corrected chi connectivity index (χ0v) is 17.7. The Morgan fingerprint density at radius 1 is 0.852 bits per heavy atom. The van der Waals surface area contributed by atoms with Crippen LogP contribution in [0.4, 0.5) is 0 Å². The van der Waals surface area contributed by atoms with Gasteiger partial charge in [-0.3, -0.25) is 0 Å². The molecule has 2 aliphatic heterocycles. The van der Waals surface area contributed by atoms with Crippen molar-refractivity contribution in [3.05, 3.63) is 91.4 Å². The van der Waals surface area contributed by atoms with E-state index in [1.54, 1.807) is 6.07 Å². The Morgan fingerprint density at radius 3 is 2.07 bits per heavy atom. The molecule has 27 heavy (non-hydrogen) atoms. The largest absolute Gasteiger partial charge is 0.456 e. The molecule has 2 heterocycles. The fourth-order valence-electron chi connectivity index (χ4n) is 3.80. The zero-order valence-electron chi connectivity index (χ0n) is 13.8. The topological polar surface area (TPSA) is 35.5 Å². The molecule has 0 aliphatic carbocycles. The highest BCUT2D eigenvalue weighted by atomic mass is 79.9. The number of benzene rings is 3. The van der Waals surface area contributed by atoms with Gasteiger partial charge in [0.25, 0.3) is 0 Å².